The second kappa shape index (κ2) is 6.30. The molecule has 0 spiro atoms. The van der Waals surface area contributed by atoms with Gasteiger partial charge in [-0.2, -0.15) is 0 Å². The molecule has 1 aromatic carbocycles. The Hall–Kier alpha value is -1.82. The molecule has 2 rings (SSSR count). The average molecular weight is 295 g/mol. The van der Waals surface area contributed by atoms with Crippen LogP contribution in [-0.4, -0.2) is 48.2 Å². The number of carboxylic acids is 1. The molecule has 0 saturated carbocycles. The number of hydrogen-bond acceptors (Lipinski definition) is 4. The highest BCUT2D eigenvalue weighted by atomic mass is 19.1. The summed E-state index contributed by atoms with van der Waals surface area (Å²) < 4.78 is 13.5. The van der Waals surface area contributed by atoms with Crippen LogP contribution in [0.3, 0.4) is 0 Å². The van der Waals surface area contributed by atoms with E-state index in [9.17, 15) is 14.3 Å². The van der Waals surface area contributed by atoms with Crippen molar-refractivity contribution in [1.29, 1.82) is 0 Å². The lowest BCUT2D eigenvalue weighted by Gasteiger charge is -2.27. The molecule has 1 aliphatic rings. The predicted octanol–water partition coefficient (Wildman–Crippen LogP) is 2.03. The van der Waals surface area contributed by atoms with Gasteiger partial charge in [-0.3, -0.25) is 4.90 Å². The van der Waals surface area contributed by atoms with E-state index in [1.54, 1.807) is 0 Å². The highest BCUT2D eigenvalue weighted by Crippen LogP contribution is 2.31. The zero-order valence-corrected chi connectivity index (χ0v) is 12.5. The van der Waals surface area contributed by atoms with Crippen molar-refractivity contribution in [2.75, 3.05) is 36.8 Å². The summed E-state index contributed by atoms with van der Waals surface area (Å²) in [4.78, 5) is 15.7. The lowest BCUT2D eigenvalue weighted by Crippen LogP contribution is -2.37. The Kier molecular flexibility index (Phi) is 4.67. The Morgan fingerprint density at radius 1 is 1.48 bits per heavy atom. The molecular weight excluding hydrogens is 273 g/mol. The van der Waals surface area contributed by atoms with Gasteiger partial charge in [0.25, 0.3) is 0 Å². The minimum Gasteiger partial charge on any atom is -0.478 e. The van der Waals surface area contributed by atoms with E-state index in [0.717, 1.165) is 32.6 Å². The van der Waals surface area contributed by atoms with Crippen LogP contribution in [0.4, 0.5) is 15.8 Å². The highest BCUT2D eigenvalue weighted by molar-refractivity contribution is 6.00. The molecule has 0 bridgehead atoms. The summed E-state index contributed by atoms with van der Waals surface area (Å²) in [5, 5.41) is 9.31. The summed E-state index contributed by atoms with van der Waals surface area (Å²) in [5.74, 6) is -1.87. The minimum atomic E-state index is -1.19. The van der Waals surface area contributed by atoms with E-state index < -0.39 is 11.8 Å². The maximum atomic E-state index is 13.5. The summed E-state index contributed by atoms with van der Waals surface area (Å²) in [6.45, 7) is 7.66. The first kappa shape index (κ1) is 15.6. The van der Waals surface area contributed by atoms with Gasteiger partial charge in [-0.05, 0) is 31.6 Å². The van der Waals surface area contributed by atoms with Crippen molar-refractivity contribution in [1.82, 2.24) is 4.90 Å². The van der Waals surface area contributed by atoms with Crippen molar-refractivity contribution < 1.29 is 14.3 Å². The number of likely N-dealkylation sites (N-methyl/N-ethyl adjacent to an activating group) is 1. The fraction of sp³-hybridized carbons (Fsp3) is 0.533. The number of rotatable bonds is 5. The molecule has 116 valence electrons. The van der Waals surface area contributed by atoms with Gasteiger partial charge in [0.1, 0.15) is 11.4 Å². The van der Waals surface area contributed by atoms with Crippen molar-refractivity contribution in [2.24, 2.45) is 0 Å². The van der Waals surface area contributed by atoms with Crippen molar-refractivity contribution in [3.05, 3.63) is 23.5 Å². The van der Waals surface area contributed by atoms with Crippen LogP contribution in [0.5, 0.6) is 0 Å². The fourth-order valence-electron chi connectivity index (χ4n) is 3.07. The van der Waals surface area contributed by atoms with Gasteiger partial charge in [0, 0.05) is 19.1 Å². The SMILES string of the molecule is CCN(CC)C1CCN(c2ccc(F)c(N)c2C(=O)O)C1. The molecule has 0 aliphatic carbocycles. The van der Waals surface area contributed by atoms with E-state index in [1.165, 1.54) is 12.1 Å². The third-order valence-corrected chi connectivity index (χ3v) is 4.22. The number of aromatic carboxylic acids is 1. The van der Waals surface area contributed by atoms with Gasteiger partial charge in [-0.15, -0.1) is 0 Å². The number of carboxylic acid groups (broad SMARTS) is 1. The lowest BCUT2D eigenvalue weighted by molar-refractivity contribution is 0.0698. The van der Waals surface area contributed by atoms with Crippen LogP contribution in [0, 0.1) is 5.82 Å². The third kappa shape index (κ3) is 2.95. The van der Waals surface area contributed by atoms with Gasteiger partial charge in [-0.25, -0.2) is 9.18 Å². The van der Waals surface area contributed by atoms with E-state index in [1.807, 2.05) is 4.90 Å². The van der Waals surface area contributed by atoms with Gasteiger partial charge in [0.05, 0.1) is 11.4 Å². The van der Waals surface area contributed by atoms with E-state index in [4.69, 9.17) is 5.73 Å². The molecule has 21 heavy (non-hydrogen) atoms. The molecule has 0 radical (unpaired) electrons. The second-order valence-corrected chi connectivity index (χ2v) is 5.27. The van der Waals surface area contributed by atoms with Crippen molar-refractivity contribution in [3.63, 3.8) is 0 Å². The number of carbonyl (C=O) groups is 1. The zero-order valence-electron chi connectivity index (χ0n) is 12.5. The number of halogens is 1. The molecule has 3 N–H and O–H groups in total. The van der Waals surface area contributed by atoms with Gasteiger partial charge in [0.15, 0.2) is 0 Å². The summed E-state index contributed by atoms with van der Waals surface area (Å²) in [7, 11) is 0. The number of nitrogens with zero attached hydrogens (tertiary/aromatic N) is 2. The topological polar surface area (TPSA) is 69.8 Å². The molecule has 1 aromatic rings. The Morgan fingerprint density at radius 3 is 2.71 bits per heavy atom. The molecule has 1 heterocycles. The Bertz CT molecular complexity index is 532. The molecule has 1 aliphatic heterocycles. The normalized spacial score (nSPS) is 18.5. The molecule has 1 atom stereocenters. The first-order valence-electron chi connectivity index (χ1n) is 7.29. The van der Waals surface area contributed by atoms with Crippen LogP contribution >= 0.6 is 0 Å². The van der Waals surface area contributed by atoms with Gasteiger partial charge in [-0.1, -0.05) is 13.8 Å². The number of nitrogen functional groups attached to an aromatic ring is 1. The molecule has 6 heteroatoms. The van der Waals surface area contributed by atoms with Crippen molar-refractivity contribution >= 4 is 17.3 Å². The van der Waals surface area contributed by atoms with Crippen LogP contribution in [0.1, 0.15) is 30.6 Å². The third-order valence-electron chi connectivity index (χ3n) is 4.22. The van der Waals surface area contributed by atoms with Crippen LogP contribution in [0.15, 0.2) is 12.1 Å². The molecule has 5 nitrogen and oxygen atoms in total. The van der Waals surface area contributed by atoms with Crippen LogP contribution < -0.4 is 10.6 Å². The van der Waals surface area contributed by atoms with Crippen LogP contribution in [0.25, 0.3) is 0 Å². The number of anilines is 2. The number of nitrogens with two attached hydrogens (primary N) is 1. The van der Waals surface area contributed by atoms with Crippen molar-refractivity contribution in [2.45, 2.75) is 26.3 Å². The second-order valence-electron chi connectivity index (χ2n) is 5.27. The smallest absolute Gasteiger partial charge is 0.340 e. The van der Waals surface area contributed by atoms with E-state index in [0.29, 0.717) is 11.7 Å². The lowest BCUT2D eigenvalue weighted by atomic mass is 10.1. The summed E-state index contributed by atoms with van der Waals surface area (Å²) >= 11 is 0. The molecule has 0 aromatic heterocycles. The Morgan fingerprint density at radius 2 is 2.14 bits per heavy atom. The minimum absolute atomic E-state index is 0.129. The number of hydrogen-bond donors (Lipinski definition) is 2. The van der Waals surface area contributed by atoms with E-state index >= 15 is 0 Å². The first-order chi connectivity index (χ1) is 9.99. The molecule has 0 amide bonds. The first-order valence-corrected chi connectivity index (χ1v) is 7.29. The van der Waals surface area contributed by atoms with Gasteiger partial charge >= 0.3 is 5.97 Å². The predicted molar refractivity (Wildman–Crippen MR) is 81.3 cm³/mol. The maximum absolute atomic E-state index is 13.5. The summed E-state index contributed by atoms with van der Waals surface area (Å²) in [6.07, 6.45) is 0.970. The van der Waals surface area contributed by atoms with Crippen molar-refractivity contribution in [3.8, 4) is 0 Å². The maximum Gasteiger partial charge on any atom is 0.340 e. The Balaban J connectivity index is 2.28. The van der Waals surface area contributed by atoms with Crippen LogP contribution in [0.2, 0.25) is 0 Å². The number of benzene rings is 1. The highest BCUT2D eigenvalue weighted by Gasteiger charge is 2.29. The molecule has 1 fully saturated rings. The zero-order chi connectivity index (χ0) is 15.6. The molecule has 1 saturated heterocycles. The average Bonchev–Trinajstić information content (AvgIpc) is 2.92. The van der Waals surface area contributed by atoms with E-state index in [2.05, 4.69) is 18.7 Å². The monoisotopic (exact) mass is 295 g/mol. The quantitative estimate of drug-likeness (QED) is 0.813. The van der Waals surface area contributed by atoms with Gasteiger partial charge < -0.3 is 15.7 Å². The largest absolute Gasteiger partial charge is 0.478 e. The molecule has 1 unspecified atom stereocenters. The molecular formula is C15H22FN3O2. The summed E-state index contributed by atoms with van der Waals surface area (Å²) in [5.41, 5.74) is 5.70. The van der Waals surface area contributed by atoms with Gasteiger partial charge in [0.2, 0.25) is 0 Å². The fourth-order valence-corrected chi connectivity index (χ4v) is 3.07. The van der Waals surface area contributed by atoms with E-state index in [-0.39, 0.29) is 11.3 Å². The van der Waals surface area contributed by atoms with Crippen LogP contribution in [-0.2, 0) is 0 Å². The summed E-state index contributed by atoms with van der Waals surface area (Å²) in [6, 6.07) is 3.15. The Labute approximate surface area is 124 Å². The standard InChI is InChI=1S/C15H22FN3O2/c1-3-18(4-2)10-7-8-19(9-10)12-6-5-11(16)14(17)13(12)15(20)21/h5-6,10H,3-4,7-9,17H2,1-2H3,(H,20,21).